The molecule has 0 amide bonds. The lowest BCUT2D eigenvalue weighted by molar-refractivity contribution is 0.627. The van der Waals surface area contributed by atoms with Gasteiger partial charge in [0.25, 0.3) is 5.56 Å². The van der Waals surface area contributed by atoms with Gasteiger partial charge >= 0.3 is 0 Å². The molecular weight excluding hydrogens is 416 g/mol. The molecule has 146 valence electrons. The monoisotopic (exact) mass is 429 g/mol. The second-order valence-corrected chi connectivity index (χ2v) is 7.00. The number of halogens is 3. The SMILES string of the molecule is CN(/N=C/c1c[nH]c2ccccc12)c1cnn(-c2ccc(F)c(Cl)c2)c(=O)c1Cl. The number of rotatable bonds is 4. The minimum absolute atomic E-state index is 0.0703. The number of fused-ring (bicyclic) bond motifs is 1. The van der Waals surface area contributed by atoms with Gasteiger partial charge in [-0.2, -0.15) is 14.9 Å². The molecule has 0 saturated heterocycles. The summed E-state index contributed by atoms with van der Waals surface area (Å²) in [6.07, 6.45) is 4.92. The van der Waals surface area contributed by atoms with Crippen molar-refractivity contribution in [3.63, 3.8) is 0 Å². The molecule has 4 aromatic rings. The molecule has 0 atom stereocenters. The van der Waals surface area contributed by atoms with Gasteiger partial charge in [-0.3, -0.25) is 9.80 Å². The van der Waals surface area contributed by atoms with Crippen LogP contribution in [0.2, 0.25) is 10.0 Å². The molecule has 1 N–H and O–H groups in total. The van der Waals surface area contributed by atoms with Gasteiger partial charge in [0.05, 0.1) is 23.1 Å². The van der Waals surface area contributed by atoms with Crippen LogP contribution in [0.5, 0.6) is 0 Å². The lowest BCUT2D eigenvalue weighted by Crippen LogP contribution is -2.24. The summed E-state index contributed by atoms with van der Waals surface area (Å²) < 4.78 is 14.4. The van der Waals surface area contributed by atoms with E-state index in [2.05, 4.69) is 15.2 Å². The first-order valence-corrected chi connectivity index (χ1v) is 9.28. The zero-order chi connectivity index (χ0) is 20.5. The van der Waals surface area contributed by atoms with E-state index in [4.69, 9.17) is 23.2 Å². The Kier molecular flexibility index (Phi) is 5.08. The molecule has 0 aliphatic heterocycles. The lowest BCUT2D eigenvalue weighted by atomic mass is 10.2. The molecule has 29 heavy (non-hydrogen) atoms. The van der Waals surface area contributed by atoms with Gasteiger partial charge < -0.3 is 4.98 Å². The van der Waals surface area contributed by atoms with Gasteiger partial charge in [-0.1, -0.05) is 41.4 Å². The second-order valence-electron chi connectivity index (χ2n) is 6.22. The highest BCUT2D eigenvalue weighted by Crippen LogP contribution is 2.23. The molecule has 0 radical (unpaired) electrons. The van der Waals surface area contributed by atoms with Gasteiger partial charge in [-0.05, 0) is 24.3 Å². The number of anilines is 1. The molecule has 0 unspecified atom stereocenters. The molecule has 2 aromatic heterocycles. The molecule has 0 spiro atoms. The number of aromatic nitrogens is 3. The third-order valence-corrected chi connectivity index (χ3v) is 5.03. The fraction of sp³-hybridized carbons (Fsp3) is 0.0500. The molecule has 0 aliphatic carbocycles. The minimum atomic E-state index is -0.586. The van der Waals surface area contributed by atoms with Gasteiger partial charge in [0, 0.05) is 29.7 Å². The Hall–Kier alpha value is -3.16. The van der Waals surface area contributed by atoms with Crippen molar-refractivity contribution in [1.82, 2.24) is 14.8 Å². The number of nitrogens with zero attached hydrogens (tertiary/aromatic N) is 4. The maximum absolute atomic E-state index is 13.4. The van der Waals surface area contributed by atoms with E-state index in [0.29, 0.717) is 11.4 Å². The molecule has 9 heteroatoms. The zero-order valence-corrected chi connectivity index (χ0v) is 16.6. The fourth-order valence-corrected chi connectivity index (χ4v) is 3.29. The molecule has 2 heterocycles. The highest BCUT2D eigenvalue weighted by Gasteiger charge is 2.14. The van der Waals surface area contributed by atoms with Crippen LogP contribution in [0, 0.1) is 5.82 Å². The molecule has 2 aromatic carbocycles. The average Bonchev–Trinajstić information content (AvgIpc) is 3.13. The Bertz CT molecular complexity index is 1300. The third-order valence-electron chi connectivity index (χ3n) is 4.39. The number of aromatic amines is 1. The summed E-state index contributed by atoms with van der Waals surface area (Å²) in [4.78, 5) is 15.8. The van der Waals surface area contributed by atoms with Crippen molar-refractivity contribution in [2.24, 2.45) is 5.10 Å². The smallest absolute Gasteiger partial charge is 0.292 e. The number of H-pyrrole nitrogens is 1. The van der Waals surface area contributed by atoms with Crippen LogP contribution < -0.4 is 10.6 Å². The first-order valence-electron chi connectivity index (χ1n) is 8.53. The van der Waals surface area contributed by atoms with Gasteiger partial charge in [0.2, 0.25) is 0 Å². The Morgan fingerprint density at radius 1 is 1.24 bits per heavy atom. The summed E-state index contributed by atoms with van der Waals surface area (Å²) in [6, 6.07) is 11.7. The largest absolute Gasteiger partial charge is 0.361 e. The van der Waals surface area contributed by atoms with Crippen molar-refractivity contribution in [2.75, 3.05) is 12.1 Å². The predicted octanol–water partition coefficient (Wildman–Crippen LogP) is 4.63. The van der Waals surface area contributed by atoms with E-state index in [1.54, 1.807) is 13.3 Å². The molecule has 6 nitrogen and oxygen atoms in total. The van der Waals surface area contributed by atoms with Gasteiger partial charge in [-0.25, -0.2) is 4.39 Å². The van der Waals surface area contributed by atoms with Crippen LogP contribution in [0.4, 0.5) is 10.1 Å². The number of nitrogens with one attached hydrogen (secondary N) is 1. The number of hydrogen-bond donors (Lipinski definition) is 1. The van der Waals surface area contributed by atoms with Crippen LogP contribution in [-0.2, 0) is 0 Å². The summed E-state index contributed by atoms with van der Waals surface area (Å²) in [5.41, 5.74) is 1.96. The zero-order valence-electron chi connectivity index (χ0n) is 15.1. The van der Waals surface area contributed by atoms with Crippen LogP contribution in [0.25, 0.3) is 16.6 Å². The summed E-state index contributed by atoms with van der Waals surface area (Å²) in [7, 11) is 1.66. The molecular formula is C20H14Cl2FN5O. The van der Waals surface area contributed by atoms with Crippen LogP contribution >= 0.6 is 23.2 Å². The number of hydrogen-bond acceptors (Lipinski definition) is 4. The third kappa shape index (κ3) is 3.62. The van der Waals surface area contributed by atoms with Gasteiger partial charge in [0.15, 0.2) is 0 Å². The van der Waals surface area contributed by atoms with Crippen LogP contribution in [-0.4, -0.2) is 28.0 Å². The van der Waals surface area contributed by atoms with E-state index in [1.807, 2.05) is 30.5 Å². The van der Waals surface area contributed by atoms with E-state index in [0.717, 1.165) is 27.2 Å². The minimum Gasteiger partial charge on any atom is -0.361 e. The first kappa shape index (κ1) is 19.2. The van der Waals surface area contributed by atoms with Crippen LogP contribution in [0.15, 0.2) is 64.8 Å². The van der Waals surface area contributed by atoms with Crippen molar-refractivity contribution >= 4 is 46.0 Å². The van der Waals surface area contributed by atoms with E-state index < -0.39 is 11.4 Å². The maximum Gasteiger partial charge on any atom is 0.292 e. The summed E-state index contributed by atoms with van der Waals surface area (Å²) in [5, 5.41) is 10.8. The van der Waals surface area contributed by atoms with Crippen LogP contribution in [0.1, 0.15) is 5.56 Å². The van der Waals surface area contributed by atoms with Crippen molar-refractivity contribution < 1.29 is 4.39 Å². The van der Waals surface area contributed by atoms with E-state index in [-0.39, 0.29) is 10.0 Å². The lowest BCUT2D eigenvalue weighted by Gasteiger charge is -2.15. The Morgan fingerprint density at radius 3 is 2.83 bits per heavy atom. The van der Waals surface area contributed by atoms with E-state index in [1.165, 1.54) is 23.3 Å². The van der Waals surface area contributed by atoms with Crippen molar-refractivity contribution in [3.8, 4) is 5.69 Å². The van der Waals surface area contributed by atoms with Gasteiger partial charge in [0.1, 0.15) is 16.5 Å². The Balaban J connectivity index is 1.65. The predicted molar refractivity (Wildman–Crippen MR) is 114 cm³/mol. The van der Waals surface area contributed by atoms with Gasteiger partial charge in [-0.15, -0.1) is 0 Å². The summed E-state index contributed by atoms with van der Waals surface area (Å²) in [6.45, 7) is 0. The van der Waals surface area contributed by atoms with E-state index in [9.17, 15) is 9.18 Å². The number of benzene rings is 2. The summed E-state index contributed by atoms with van der Waals surface area (Å²) in [5.74, 6) is -0.586. The van der Waals surface area contributed by atoms with Crippen molar-refractivity contribution in [3.05, 3.63) is 86.6 Å². The Labute approximate surface area is 174 Å². The molecule has 0 fully saturated rings. The molecule has 0 bridgehead atoms. The second kappa shape index (κ2) is 7.69. The van der Waals surface area contributed by atoms with Crippen LogP contribution in [0.3, 0.4) is 0 Å². The average molecular weight is 430 g/mol. The number of para-hydroxylation sites is 1. The Morgan fingerprint density at radius 2 is 2.03 bits per heavy atom. The first-order chi connectivity index (χ1) is 14.0. The highest BCUT2D eigenvalue weighted by molar-refractivity contribution is 6.33. The molecule has 0 saturated carbocycles. The van der Waals surface area contributed by atoms with Crippen molar-refractivity contribution in [1.29, 1.82) is 0 Å². The fourth-order valence-electron chi connectivity index (χ4n) is 2.86. The van der Waals surface area contributed by atoms with Crippen molar-refractivity contribution in [2.45, 2.75) is 0 Å². The molecule has 4 rings (SSSR count). The highest BCUT2D eigenvalue weighted by atomic mass is 35.5. The standard InChI is InChI=1S/C20H14Cl2FN5O/c1-27(25-10-12-9-24-17-5-3-2-4-14(12)17)18-11-26-28(20(29)19(18)22)13-6-7-16(23)15(21)8-13/h2-11,24H,1H3/b25-10+. The topological polar surface area (TPSA) is 66.3 Å². The summed E-state index contributed by atoms with van der Waals surface area (Å²) >= 11 is 12.1. The maximum atomic E-state index is 13.4. The molecule has 0 aliphatic rings. The number of hydrazone groups is 1. The quantitative estimate of drug-likeness (QED) is 0.379. The van der Waals surface area contributed by atoms with E-state index >= 15 is 0 Å². The normalized spacial score (nSPS) is 11.4.